The van der Waals surface area contributed by atoms with Crippen LogP contribution in [0.1, 0.15) is 11.1 Å². The molecule has 0 saturated carbocycles. The molecule has 2 aromatic rings. The average Bonchev–Trinajstić information content (AvgIpc) is 2.91. The Morgan fingerprint density at radius 1 is 1.29 bits per heavy atom. The zero-order chi connectivity index (χ0) is 20.3. The van der Waals surface area contributed by atoms with Gasteiger partial charge < -0.3 is 14.9 Å². The lowest BCUT2D eigenvalue weighted by molar-refractivity contribution is -0.139. The summed E-state index contributed by atoms with van der Waals surface area (Å²) in [5, 5.41) is 19.3. The molecule has 0 aromatic heterocycles. The first-order valence-corrected chi connectivity index (χ1v) is 9.16. The number of amidine groups is 1. The first-order valence-electron chi connectivity index (χ1n) is 8.34. The molecule has 1 aliphatic rings. The summed E-state index contributed by atoms with van der Waals surface area (Å²) in [6, 6.07) is 12.0. The number of carboxylic acids is 1. The van der Waals surface area contributed by atoms with Gasteiger partial charge in [-0.05, 0) is 48.5 Å². The van der Waals surface area contributed by atoms with Crippen molar-refractivity contribution in [2.75, 3.05) is 13.7 Å². The maximum atomic E-state index is 12.6. The van der Waals surface area contributed by atoms with Gasteiger partial charge in [-0.15, -0.1) is 0 Å². The first kappa shape index (κ1) is 19.5. The lowest BCUT2D eigenvalue weighted by atomic mass is 10.2. The molecule has 144 valence electrons. The van der Waals surface area contributed by atoms with Gasteiger partial charge in [0.25, 0.3) is 5.91 Å². The van der Waals surface area contributed by atoms with Crippen molar-refractivity contribution >= 4 is 40.6 Å². The number of carboxylic acid groups (broad SMARTS) is 1. The summed E-state index contributed by atoms with van der Waals surface area (Å²) >= 11 is 1.17. The highest BCUT2D eigenvalue weighted by Gasteiger charge is 2.30. The van der Waals surface area contributed by atoms with E-state index in [0.717, 1.165) is 5.56 Å². The molecule has 0 aliphatic carbocycles. The normalized spacial score (nSPS) is 16.8. The van der Waals surface area contributed by atoms with Gasteiger partial charge in [-0.2, -0.15) is 0 Å². The fourth-order valence-corrected chi connectivity index (χ4v) is 3.47. The van der Waals surface area contributed by atoms with Gasteiger partial charge >= 0.3 is 5.97 Å². The number of likely N-dealkylation sites (N-methyl/N-ethyl adjacent to an activating group) is 1. The van der Waals surface area contributed by atoms with Gasteiger partial charge in [-0.3, -0.25) is 9.69 Å². The van der Waals surface area contributed by atoms with Crippen LogP contribution in [0.3, 0.4) is 0 Å². The molecule has 8 heteroatoms. The summed E-state index contributed by atoms with van der Waals surface area (Å²) in [7, 11) is 1.60. The third-order valence-corrected chi connectivity index (χ3v) is 4.97. The number of hydrogen-bond acceptors (Lipinski definition) is 6. The van der Waals surface area contributed by atoms with Gasteiger partial charge in [-0.1, -0.05) is 24.3 Å². The minimum absolute atomic E-state index is 0.0406. The maximum Gasteiger partial charge on any atom is 0.341 e. The van der Waals surface area contributed by atoms with Gasteiger partial charge in [0, 0.05) is 12.6 Å². The van der Waals surface area contributed by atoms with Crippen LogP contribution in [-0.4, -0.2) is 45.8 Å². The quantitative estimate of drug-likeness (QED) is 0.749. The number of aliphatic carboxylic acids is 1. The van der Waals surface area contributed by atoms with E-state index in [1.165, 1.54) is 16.7 Å². The largest absolute Gasteiger partial charge is 0.506 e. The number of carbonyl (C=O) groups excluding carboxylic acids is 1. The standard InChI is InChI=1S/C20H18N2O5S/c1-12-7-8-14(15(23)9-12)21-20-22(2)19(26)17(28-20)10-13-5-3-4-6-16(13)27-11-18(24)25/h3-10,23H,11H2,1-2H3,(H,24,25)/b17-10-,21-20?. The van der Waals surface area contributed by atoms with Crippen molar-refractivity contribution in [3.8, 4) is 11.5 Å². The smallest absolute Gasteiger partial charge is 0.341 e. The van der Waals surface area contributed by atoms with E-state index in [4.69, 9.17) is 9.84 Å². The molecule has 0 unspecified atom stereocenters. The van der Waals surface area contributed by atoms with Crippen molar-refractivity contribution in [2.24, 2.45) is 4.99 Å². The Morgan fingerprint density at radius 3 is 2.75 bits per heavy atom. The van der Waals surface area contributed by atoms with Crippen LogP contribution in [0.5, 0.6) is 11.5 Å². The van der Waals surface area contributed by atoms with Crippen molar-refractivity contribution in [1.82, 2.24) is 4.90 Å². The van der Waals surface area contributed by atoms with E-state index in [1.54, 1.807) is 49.5 Å². The molecule has 2 aromatic carbocycles. The number of amides is 1. The van der Waals surface area contributed by atoms with Gasteiger partial charge in [0.1, 0.15) is 17.2 Å². The van der Waals surface area contributed by atoms with E-state index in [1.807, 2.05) is 13.0 Å². The number of hydrogen-bond donors (Lipinski definition) is 2. The molecule has 0 atom stereocenters. The fourth-order valence-electron chi connectivity index (χ4n) is 2.49. The number of ether oxygens (including phenoxy) is 1. The SMILES string of the molecule is Cc1ccc(N=C2S/C(=C\c3ccccc3OCC(=O)O)C(=O)N2C)c(O)c1. The van der Waals surface area contributed by atoms with Crippen LogP contribution in [0, 0.1) is 6.92 Å². The molecule has 1 aliphatic heterocycles. The van der Waals surface area contributed by atoms with Crippen LogP contribution in [0.2, 0.25) is 0 Å². The number of rotatable bonds is 5. The molecule has 7 nitrogen and oxygen atoms in total. The molecule has 2 N–H and O–H groups in total. The van der Waals surface area contributed by atoms with Gasteiger partial charge in [0.2, 0.25) is 0 Å². The molecule has 0 bridgehead atoms. The Kier molecular flexibility index (Phi) is 5.70. The maximum absolute atomic E-state index is 12.6. The number of thioether (sulfide) groups is 1. The van der Waals surface area contributed by atoms with E-state index in [-0.39, 0.29) is 11.7 Å². The summed E-state index contributed by atoms with van der Waals surface area (Å²) < 4.78 is 5.28. The topological polar surface area (TPSA) is 99.4 Å². The highest BCUT2D eigenvalue weighted by Crippen LogP contribution is 2.36. The van der Waals surface area contributed by atoms with Gasteiger partial charge in [-0.25, -0.2) is 9.79 Å². The fraction of sp³-hybridized carbons (Fsp3) is 0.150. The Balaban J connectivity index is 1.90. The molecule has 1 fully saturated rings. The van der Waals surface area contributed by atoms with Crippen LogP contribution in [0.25, 0.3) is 6.08 Å². The van der Waals surface area contributed by atoms with Crippen LogP contribution in [0.4, 0.5) is 5.69 Å². The molecule has 0 spiro atoms. The summed E-state index contributed by atoms with van der Waals surface area (Å²) in [6.07, 6.45) is 1.64. The summed E-state index contributed by atoms with van der Waals surface area (Å²) in [5.41, 5.74) is 1.87. The van der Waals surface area contributed by atoms with Crippen LogP contribution in [-0.2, 0) is 9.59 Å². The Morgan fingerprint density at radius 2 is 2.04 bits per heavy atom. The first-order chi connectivity index (χ1) is 13.3. The lowest BCUT2D eigenvalue weighted by Crippen LogP contribution is -2.23. The molecule has 1 amide bonds. The minimum Gasteiger partial charge on any atom is -0.506 e. The third-order valence-electron chi connectivity index (χ3n) is 3.91. The number of carbonyl (C=O) groups is 2. The van der Waals surface area contributed by atoms with Crippen molar-refractivity contribution in [2.45, 2.75) is 6.92 Å². The molecule has 28 heavy (non-hydrogen) atoms. The van der Waals surface area contributed by atoms with E-state index in [0.29, 0.717) is 27.1 Å². The highest BCUT2D eigenvalue weighted by atomic mass is 32.2. The summed E-state index contributed by atoms with van der Waals surface area (Å²) in [5.74, 6) is -0.918. The van der Waals surface area contributed by atoms with Gasteiger partial charge in [0.15, 0.2) is 11.8 Å². The van der Waals surface area contributed by atoms with Crippen molar-refractivity contribution in [3.63, 3.8) is 0 Å². The van der Waals surface area contributed by atoms with E-state index in [9.17, 15) is 14.7 Å². The zero-order valence-electron chi connectivity index (χ0n) is 15.2. The monoisotopic (exact) mass is 398 g/mol. The number of aromatic hydroxyl groups is 1. The lowest BCUT2D eigenvalue weighted by Gasteiger charge is -2.08. The summed E-state index contributed by atoms with van der Waals surface area (Å²) in [6.45, 7) is 1.39. The predicted octanol–water partition coefficient (Wildman–Crippen LogP) is 3.40. The number of benzene rings is 2. The predicted molar refractivity (Wildman–Crippen MR) is 108 cm³/mol. The second-order valence-electron chi connectivity index (χ2n) is 6.08. The minimum atomic E-state index is -1.08. The number of nitrogens with zero attached hydrogens (tertiary/aromatic N) is 2. The molecule has 3 rings (SSSR count). The summed E-state index contributed by atoms with van der Waals surface area (Å²) in [4.78, 5) is 29.5. The Hall–Kier alpha value is -3.26. The van der Waals surface area contributed by atoms with Gasteiger partial charge in [0.05, 0.1) is 4.91 Å². The van der Waals surface area contributed by atoms with Crippen molar-refractivity contribution in [1.29, 1.82) is 0 Å². The Labute approximate surface area is 166 Å². The second-order valence-corrected chi connectivity index (χ2v) is 7.09. The molecule has 1 heterocycles. The number of aliphatic imine (C=N–C) groups is 1. The molecular weight excluding hydrogens is 380 g/mol. The zero-order valence-corrected chi connectivity index (χ0v) is 16.1. The molecular formula is C20H18N2O5S. The van der Waals surface area contributed by atoms with Crippen molar-refractivity contribution < 1.29 is 24.5 Å². The number of phenolic OH excluding ortho intramolecular Hbond substituents is 1. The van der Waals surface area contributed by atoms with Crippen LogP contribution < -0.4 is 4.74 Å². The average molecular weight is 398 g/mol. The van der Waals surface area contributed by atoms with E-state index in [2.05, 4.69) is 4.99 Å². The van der Waals surface area contributed by atoms with E-state index >= 15 is 0 Å². The third kappa shape index (κ3) is 4.34. The number of phenols is 1. The Bertz CT molecular complexity index is 1000. The van der Waals surface area contributed by atoms with Crippen LogP contribution >= 0.6 is 11.8 Å². The molecule has 1 saturated heterocycles. The second kappa shape index (κ2) is 8.18. The van der Waals surface area contributed by atoms with Crippen LogP contribution in [0.15, 0.2) is 52.4 Å². The van der Waals surface area contributed by atoms with E-state index < -0.39 is 12.6 Å². The van der Waals surface area contributed by atoms with Crippen molar-refractivity contribution in [3.05, 3.63) is 58.5 Å². The highest BCUT2D eigenvalue weighted by molar-refractivity contribution is 8.18. The number of aryl methyl sites for hydroxylation is 1. The number of para-hydroxylation sites is 1. The molecule has 0 radical (unpaired) electrons.